The summed E-state index contributed by atoms with van der Waals surface area (Å²) in [5.41, 5.74) is 0.982. The highest BCUT2D eigenvalue weighted by atomic mass is 16.3. The van der Waals surface area contributed by atoms with Gasteiger partial charge in [-0.15, -0.1) is 6.58 Å². The van der Waals surface area contributed by atoms with Crippen LogP contribution in [0.1, 0.15) is 51.4 Å². The zero-order chi connectivity index (χ0) is 12.3. The highest BCUT2D eigenvalue weighted by Crippen LogP contribution is 2.17. The van der Waals surface area contributed by atoms with Crippen LogP contribution in [0.5, 0.6) is 0 Å². The molecule has 0 amide bonds. The van der Waals surface area contributed by atoms with Gasteiger partial charge in [0.2, 0.25) is 0 Å². The molecule has 0 radical (unpaired) electrons. The Balaban J connectivity index is 1.97. The van der Waals surface area contributed by atoms with Gasteiger partial charge in [0, 0.05) is 12.0 Å². The van der Waals surface area contributed by atoms with Gasteiger partial charge in [0.25, 0.3) is 0 Å². The van der Waals surface area contributed by atoms with Gasteiger partial charge in [0.05, 0.1) is 5.76 Å². The van der Waals surface area contributed by atoms with Crippen molar-refractivity contribution in [1.29, 1.82) is 0 Å². The van der Waals surface area contributed by atoms with Gasteiger partial charge in [-0.05, 0) is 19.3 Å². The van der Waals surface area contributed by atoms with Gasteiger partial charge in [0.15, 0.2) is 0 Å². The van der Waals surface area contributed by atoms with E-state index in [1.807, 2.05) is 30.4 Å². The van der Waals surface area contributed by atoms with E-state index in [0.717, 1.165) is 24.8 Å². The third kappa shape index (κ3) is 6.15. The van der Waals surface area contributed by atoms with Crippen molar-refractivity contribution >= 4 is 0 Å². The molecule has 0 fully saturated rings. The summed E-state index contributed by atoms with van der Waals surface area (Å²) in [4.78, 5) is 0. The van der Waals surface area contributed by atoms with E-state index in [4.69, 9.17) is 0 Å². The number of hydrogen-bond acceptors (Lipinski definition) is 1. The number of hydrogen-bond donors (Lipinski definition) is 1. The Morgan fingerprint density at radius 1 is 1.00 bits per heavy atom. The summed E-state index contributed by atoms with van der Waals surface area (Å²) in [6.07, 6.45) is 19.3. The molecule has 17 heavy (non-hydrogen) atoms. The van der Waals surface area contributed by atoms with Crippen LogP contribution in [0.25, 0.3) is 0 Å². The minimum absolute atomic E-state index is 0.543. The second-order valence-electron chi connectivity index (χ2n) is 4.57. The normalized spacial score (nSPS) is 13.3. The molecule has 94 valence electrons. The second kappa shape index (κ2) is 8.86. The van der Waals surface area contributed by atoms with Crippen LogP contribution in [0.3, 0.4) is 0 Å². The van der Waals surface area contributed by atoms with Crippen molar-refractivity contribution in [3.63, 3.8) is 0 Å². The molecule has 0 aromatic carbocycles. The average Bonchev–Trinajstić information content (AvgIpc) is 2.86. The molecule has 0 spiro atoms. The lowest BCUT2D eigenvalue weighted by molar-refractivity contribution is 0.377. The number of aliphatic hydroxyl groups excluding tert-OH is 1. The monoisotopic (exact) mass is 232 g/mol. The van der Waals surface area contributed by atoms with Crippen LogP contribution in [-0.4, -0.2) is 5.11 Å². The van der Waals surface area contributed by atoms with Gasteiger partial charge < -0.3 is 5.11 Å². The maximum absolute atomic E-state index is 9.79. The molecule has 0 unspecified atom stereocenters. The van der Waals surface area contributed by atoms with Crippen LogP contribution in [0, 0.1) is 0 Å². The Bertz CT molecular complexity index is 293. The SMILES string of the molecule is C=CCCCCCCCCC(O)=C1C=CC=C1. The van der Waals surface area contributed by atoms with E-state index < -0.39 is 0 Å². The summed E-state index contributed by atoms with van der Waals surface area (Å²) in [5, 5.41) is 9.79. The zero-order valence-electron chi connectivity index (χ0n) is 10.7. The predicted octanol–water partition coefficient (Wildman–Crippen LogP) is 5.23. The standard InChI is InChI=1S/C16H24O/c1-2-3-4-5-6-7-8-9-14-16(17)15-12-10-11-13-15/h2,10-13,17H,1,3-9,14H2. The molecular formula is C16H24O. The maximum atomic E-state index is 9.79. The summed E-state index contributed by atoms with van der Waals surface area (Å²) in [5.74, 6) is 0.543. The molecule has 1 rings (SSSR count). The fourth-order valence-corrected chi connectivity index (χ4v) is 2.00. The minimum Gasteiger partial charge on any atom is -0.512 e. The molecule has 0 heterocycles. The first-order chi connectivity index (χ1) is 8.34. The topological polar surface area (TPSA) is 20.2 Å². The molecule has 1 nitrogen and oxygen atoms in total. The van der Waals surface area contributed by atoms with Crippen molar-refractivity contribution in [2.45, 2.75) is 51.4 Å². The zero-order valence-corrected chi connectivity index (χ0v) is 10.7. The first kappa shape index (κ1) is 13.8. The molecule has 1 aliphatic rings. The van der Waals surface area contributed by atoms with E-state index in [0.29, 0.717) is 5.76 Å². The average molecular weight is 232 g/mol. The molecule has 0 aromatic rings. The fourth-order valence-electron chi connectivity index (χ4n) is 2.00. The smallest absolute Gasteiger partial charge is 0.0994 e. The van der Waals surface area contributed by atoms with Gasteiger partial charge in [-0.1, -0.05) is 56.1 Å². The first-order valence-electron chi connectivity index (χ1n) is 6.72. The molecule has 1 heteroatoms. The van der Waals surface area contributed by atoms with E-state index in [-0.39, 0.29) is 0 Å². The lowest BCUT2D eigenvalue weighted by Crippen LogP contribution is -1.87. The van der Waals surface area contributed by atoms with Crippen molar-refractivity contribution in [3.8, 4) is 0 Å². The third-order valence-electron chi connectivity index (χ3n) is 3.07. The Hall–Kier alpha value is -1.24. The number of aliphatic hydroxyl groups is 1. The Morgan fingerprint density at radius 2 is 1.59 bits per heavy atom. The summed E-state index contributed by atoms with van der Waals surface area (Å²) in [7, 11) is 0. The van der Waals surface area contributed by atoms with Crippen LogP contribution in [0.15, 0.2) is 48.3 Å². The molecule has 0 aliphatic heterocycles. The minimum atomic E-state index is 0.543. The molecule has 1 aliphatic carbocycles. The molecular weight excluding hydrogens is 208 g/mol. The Kier molecular flexibility index (Phi) is 7.20. The number of allylic oxidation sites excluding steroid dienone is 7. The lowest BCUT2D eigenvalue weighted by atomic mass is 10.1. The molecule has 0 bridgehead atoms. The van der Waals surface area contributed by atoms with Gasteiger partial charge in [0.1, 0.15) is 0 Å². The van der Waals surface area contributed by atoms with Crippen molar-refractivity contribution < 1.29 is 5.11 Å². The quantitative estimate of drug-likeness (QED) is 0.328. The molecule has 0 atom stereocenters. The van der Waals surface area contributed by atoms with Gasteiger partial charge in [-0.3, -0.25) is 0 Å². The Labute approximate surface area is 105 Å². The fraction of sp³-hybridized carbons (Fsp3) is 0.500. The first-order valence-corrected chi connectivity index (χ1v) is 6.72. The Morgan fingerprint density at radius 3 is 2.24 bits per heavy atom. The number of unbranched alkanes of at least 4 members (excludes halogenated alkanes) is 6. The highest BCUT2D eigenvalue weighted by Gasteiger charge is 2.01. The molecule has 0 saturated carbocycles. The molecule has 0 aromatic heterocycles. The summed E-state index contributed by atoms with van der Waals surface area (Å²) in [6.45, 7) is 3.72. The summed E-state index contributed by atoms with van der Waals surface area (Å²) in [6, 6.07) is 0. The van der Waals surface area contributed by atoms with Crippen molar-refractivity contribution in [1.82, 2.24) is 0 Å². The third-order valence-corrected chi connectivity index (χ3v) is 3.07. The van der Waals surface area contributed by atoms with Crippen LogP contribution in [-0.2, 0) is 0 Å². The van der Waals surface area contributed by atoms with E-state index in [1.54, 1.807) is 0 Å². The van der Waals surface area contributed by atoms with E-state index in [2.05, 4.69) is 6.58 Å². The predicted molar refractivity (Wildman–Crippen MR) is 75.1 cm³/mol. The highest BCUT2D eigenvalue weighted by molar-refractivity contribution is 5.41. The molecule has 0 saturated heterocycles. The van der Waals surface area contributed by atoms with Gasteiger partial charge in [-0.25, -0.2) is 0 Å². The van der Waals surface area contributed by atoms with Crippen LogP contribution < -0.4 is 0 Å². The van der Waals surface area contributed by atoms with Crippen molar-refractivity contribution in [2.24, 2.45) is 0 Å². The van der Waals surface area contributed by atoms with Gasteiger partial charge in [-0.2, -0.15) is 0 Å². The van der Waals surface area contributed by atoms with Crippen molar-refractivity contribution in [3.05, 3.63) is 48.3 Å². The van der Waals surface area contributed by atoms with Crippen molar-refractivity contribution in [2.75, 3.05) is 0 Å². The van der Waals surface area contributed by atoms with E-state index in [9.17, 15) is 5.11 Å². The van der Waals surface area contributed by atoms with Crippen LogP contribution in [0.4, 0.5) is 0 Å². The van der Waals surface area contributed by atoms with Crippen LogP contribution in [0.2, 0.25) is 0 Å². The lowest BCUT2D eigenvalue weighted by Gasteiger charge is -2.03. The number of rotatable bonds is 9. The maximum Gasteiger partial charge on any atom is 0.0994 e. The van der Waals surface area contributed by atoms with E-state index in [1.165, 1.54) is 32.1 Å². The summed E-state index contributed by atoms with van der Waals surface area (Å²) < 4.78 is 0. The summed E-state index contributed by atoms with van der Waals surface area (Å²) >= 11 is 0. The second-order valence-corrected chi connectivity index (χ2v) is 4.57. The molecule has 1 N–H and O–H groups in total. The van der Waals surface area contributed by atoms with Crippen LogP contribution >= 0.6 is 0 Å². The van der Waals surface area contributed by atoms with Gasteiger partial charge >= 0.3 is 0 Å². The largest absolute Gasteiger partial charge is 0.512 e. The van der Waals surface area contributed by atoms with E-state index >= 15 is 0 Å².